The molecule has 118 valence electrons. The van der Waals surface area contributed by atoms with Crippen LogP contribution in [-0.2, 0) is 26.3 Å². The van der Waals surface area contributed by atoms with Gasteiger partial charge >= 0.3 is 11.9 Å². The van der Waals surface area contributed by atoms with Crippen LogP contribution in [0.4, 0.5) is 0 Å². The fourth-order valence-electron chi connectivity index (χ4n) is 2.63. The second-order valence-corrected chi connectivity index (χ2v) is 5.71. The quantitative estimate of drug-likeness (QED) is 0.796. The van der Waals surface area contributed by atoms with E-state index < -0.39 is 5.41 Å². The highest BCUT2D eigenvalue weighted by Crippen LogP contribution is 2.49. The van der Waals surface area contributed by atoms with Gasteiger partial charge in [0.25, 0.3) is 0 Å². The topological polar surface area (TPSA) is 52.6 Å². The third kappa shape index (κ3) is 3.11. The molecule has 0 heterocycles. The van der Waals surface area contributed by atoms with Crippen LogP contribution in [0.5, 0.6) is 0 Å². The molecule has 4 nitrogen and oxygen atoms in total. The molecule has 2 aromatic rings. The Kier molecular flexibility index (Phi) is 4.15. The second-order valence-electron chi connectivity index (χ2n) is 5.71. The maximum atomic E-state index is 12.4. The first-order chi connectivity index (χ1) is 11.2. The summed E-state index contributed by atoms with van der Waals surface area (Å²) >= 11 is 0. The van der Waals surface area contributed by atoms with E-state index in [2.05, 4.69) is 4.74 Å². The van der Waals surface area contributed by atoms with Gasteiger partial charge in [-0.3, -0.25) is 4.79 Å². The lowest BCUT2D eigenvalue weighted by atomic mass is 9.96. The molecule has 4 heteroatoms. The molecule has 0 saturated heterocycles. The van der Waals surface area contributed by atoms with Crippen molar-refractivity contribution < 1.29 is 19.1 Å². The van der Waals surface area contributed by atoms with Gasteiger partial charge in [0, 0.05) is 0 Å². The Morgan fingerprint density at radius 3 is 2.22 bits per heavy atom. The standard InChI is InChI=1S/C19H18O4/c1-22-17(20)15-9-7-14(8-10-15)13-23-18(21)19(11-12-19)16-5-3-2-4-6-16/h2-10H,11-13H2,1H3. The van der Waals surface area contributed by atoms with Crippen molar-refractivity contribution >= 4 is 11.9 Å². The lowest BCUT2D eigenvalue weighted by Gasteiger charge is -2.15. The molecule has 1 saturated carbocycles. The number of benzene rings is 2. The fourth-order valence-corrected chi connectivity index (χ4v) is 2.63. The average Bonchev–Trinajstić information content (AvgIpc) is 3.42. The van der Waals surface area contributed by atoms with Crippen LogP contribution in [0.15, 0.2) is 54.6 Å². The van der Waals surface area contributed by atoms with Gasteiger partial charge in [-0.1, -0.05) is 42.5 Å². The van der Waals surface area contributed by atoms with Crippen LogP contribution in [-0.4, -0.2) is 19.0 Å². The molecule has 23 heavy (non-hydrogen) atoms. The minimum atomic E-state index is -0.465. The van der Waals surface area contributed by atoms with Gasteiger partial charge in [0.05, 0.1) is 18.1 Å². The highest BCUT2D eigenvalue weighted by Gasteiger charge is 2.52. The van der Waals surface area contributed by atoms with Gasteiger partial charge in [0.2, 0.25) is 0 Å². The van der Waals surface area contributed by atoms with Gasteiger partial charge in [0.15, 0.2) is 0 Å². The maximum absolute atomic E-state index is 12.4. The molecular formula is C19H18O4. The Bertz CT molecular complexity index is 700. The number of esters is 2. The molecule has 0 unspecified atom stereocenters. The molecule has 0 atom stereocenters. The summed E-state index contributed by atoms with van der Waals surface area (Å²) in [6, 6.07) is 16.6. The maximum Gasteiger partial charge on any atom is 0.337 e. The number of methoxy groups -OCH3 is 1. The summed E-state index contributed by atoms with van der Waals surface area (Å²) in [5, 5.41) is 0. The Hall–Kier alpha value is -2.62. The molecule has 1 aliphatic rings. The molecule has 0 radical (unpaired) electrons. The SMILES string of the molecule is COC(=O)c1ccc(COC(=O)C2(c3ccccc3)CC2)cc1. The zero-order chi connectivity index (χ0) is 16.3. The predicted octanol–water partition coefficient (Wildman–Crippen LogP) is 3.25. The van der Waals surface area contributed by atoms with Crippen LogP contribution in [0.25, 0.3) is 0 Å². The summed E-state index contributed by atoms with van der Waals surface area (Å²) < 4.78 is 10.1. The Labute approximate surface area is 135 Å². The van der Waals surface area contributed by atoms with Crippen molar-refractivity contribution in [3.63, 3.8) is 0 Å². The van der Waals surface area contributed by atoms with Gasteiger partial charge in [-0.05, 0) is 36.1 Å². The van der Waals surface area contributed by atoms with E-state index in [0.29, 0.717) is 5.56 Å². The fraction of sp³-hybridized carbons (Fsp3) is 0.263. The summed E-state index contributed by atoms with van der Waals surface area (Å²) in [6.07, 6.45) is 1.66. The number of hydrogen-bond acceptors (Lipinski definition) is 4. The number of hydrogen-bond donors (Lipinski definition) is 0. The summed E-state index contributed by atoms with van der Waals surface area (Å²) in [7, 11) is 1.34. The minimum Gasteiger partial charge on any atom is -0.465 e. The van der Waals surface area contributed by atoms with Gasteiger partial charge in [0.1, 0.15) is 6.61 Å². The first-order valence-electron chi connectivity index (χ1n) is 7.56. The van der Waals surface area contributed by atoms with Crippen molar-refractivity contribution in [2.75, 3.05) is 7.11 Å². The molecule has 2 aromatic carbocycles. The molecule has 0 aromatic heterocycles. The minimum absolute atomic E-state index is 0.180. The van der Waals surface area contributed by atoms with E-state index in [1.54, 1.807) is 24.3 Å². The summed E-state index contributed by atoms with van der Waals surface area (Å²) in [4.78, 5) is 23.8. The molecule has 0 aliphatic heterocycles. The molecule has 1 fully saturated rings. The Balaban J connectivity index is 1.62. The third-order valence-corrected chi connectivity index (χ3v) is 4.21. The highest BCUT2D eigenvalue weighted by atomic mass is 16.5. The number of ether oxygens (including phenoxy) is 2. The van der Waals surface area contributed by atoms with E-state index in [-0.39, 0.29) is 18.5 Å². The van der Waals surface area contributed by atoms with Gasteiger partial charge in [-0.15, -0.1) is 0 Å². The van der Waals surface area contributed by atoms with Crippen LogP contribution < -0.4 is 0 Å². The first kappa shape index (κ1) is 15.3. The van der Waals surface area contributed by atoms with E-state index >= 15 is 0 Å². The monoisotopic (exact) mass is 310 g/mol. The lowest BCUT2D eigenvalue weighted by Crippen LogP contribution is -2.23. The second kappa shape index (κ2) is 6.24. The van der Waals surface area contributed by atoms with Gasteiger partial charge < -0.3 is 9.47 Å². The zero-order valence-corrected chi connectivity index (χ0v) is 13.0. The third-order valence-electron chi connectivity index (χ3n) is 4.21. The Morgan fingerprint density at radius 1 is 1.00 bits per heavy atom. The van der Waals surface area contributed by atoms with E-state index in [9.17, 15) is 9.59 Å². The van der Waals surface area contributed by atoms with E-state index in [1.165, 1.54) is 7.11 Å². The number of carbonyl (C=O) groups excluding carboxylic acids is 2. The number of rotatable bonds is 5. The van der Waals surface area contributed by atoms with Crippen molar-refractivity contribution in [1.82, 2.24) is 0 Å². The van der Waals surface area contributed by atoms with Crippen LogP contribution in [0.3, 0.4) is 0 Å². The largest absolute Gasteiger partial charge is 0.465 e. The summed E-state index contributed by atoms with van der Waals surface area (Å²) in [6.45, 7) is 0.203. The van der Waals surface area contributed by atoms with E-state index in [4.69, 9.17) is 4.74 Å². The number of carbonyl (C=O) groups is 2. The van der Waals surface area contributed by atoms with Crippen molar-refractivity contribution in [2.24, 2.45) is 0 Å². The molecule has 0 N–H and O–H groups in total. The van der Waals surface area contributed by atoms with Gasteiger partial charge in [-0.25, -0.2) is 4.79 Å². The molecule has 0 spiro atoms. The van der Waals surface area contributed by atoms with Crippen molar-refractivity contribution in [3.8, 4) is 0 Å². The van der Waals surface area contributed by atoms with Crippen LogP contribution >= 0.6 is 0 Å². The smallest absolute Gasteiger partial charge is 0.337 e. The average molecular weight is 310 g/mol. The Morgan fingerprint density at radius 2 is 1.65 bits per heavy atom. The first-order valence-corrected chi connectivity index (χ1v) is 7.56. The van der Waals surface area contributed by atoms with E-state index in [1.807, 2.05) is 30.3 Å². The molecule has 0 amide bonds. The van der Waals surface area contributed by atoms with E-state index in [0.717, 1.165) is 24.0 Å². The summed E-state index contributed by atoms with van der Waals surface area (Å²) in [5.41, 5.74) is 1.87. The van der Waals surface area contributed by atoms with Crippen molar-refractivity contribution in [1.29, 1.82) is 0 Å². The zero-order valence-electron chi connectivity index (χ0n) is 13.0. The van der Waals surface area contributed by atoms with Gasteiger partial charge in [-0.2, -0.15) is 0 Å². The van der Waals surface area contributed by atoms with Crippen molar-refractivity contribution in [2.45, 2.75) is 24.9 Å². The molecule has 0 bridgehead atoms. The normalized spacial score (nSPS) is 14.8. The highest BCUT2D eigenvalue weighted by molar-refractivity contribution is 5.89. The molecule has 1 aliphatic carbocycles. The molecular weight excluding hydrogens is 292 g/mol. The predicted molar refractivity (Wildman–Crippen MR) is 84.9 cm³/mol. The van der Waals surface area contributed by atoms with Crippen molar-refractivity contribution in [3.05, 3.63) is 71.3 Å². The van der Waals surface area contributed by atoms with Crippen LogP contribution in [0.1, 0.15) is 34.3 Å². The molecule has 3 rings (SSSR count). The lowest BCUT2D eigenvalue weighted by molar-refractivity contribution is -0.148. The van der Waals surface area contributed by atoms with Crippen LogP contribution in [0, 0.1) is 0 Å². The van der Waals surface area contributed by atoms with Crippen LogP contribution in [0.2, 0.25) is 0 Å². The summed E-state index contributed by atoms with van der Waals surface area (Å²) in [5.74, 6) is -0.560.